The SMILES string of the molecule is CN1C(=O)C(NC(=O)[C@H](CC2CCCC2)[C@@H](O)COc2cc(F)cc(F)c2)N=C(c2ccccc2)c2ccccc21. The molecule has 0 radical (unpaired) electrons. The third-order valence-corrected chi connectivity index (χ3v) is 7.79. The van der Waals surface area contributed by atoms with Crippen LogP contribution in [0.1, 0.15) is 43.2 Å². The van der Waals surface area contributed by atoms with Crippen LogP contribution < -0.4 is 15.0 Å². The van der Waals surface area contributed by atoms with Crippen LogP contribution in [0.4, 0.5) is 14.5 Å². The Morgan fingerprint density at radius 1 is 1.05 bits per heavy atom. The average molecular weight is 562 g/mol. The summed E-state index contributed by atoms with van der Waals surface area (Å²) in [6, 6.07) is 19.6. The molecule has 2 N–H and O–H groups in total. The number of para-hydroxylation sites is 1. The molecular formula is C32H33F2N3O4. The maximum absolute atomic E-state index is 13.8. The molecular weight excluding hydrogens is 528 g/mol. The van der Waals surface area contributed by atoms with Gasteiger partial charge in [0.2, 0.25) is 12.1 Å². The monoisotopic (exact) mass is 561 g/mol. The first-order valence-corrected chi connectivity index (χ1v) is 13.9. The number of fused-ring (bicyclic) bond motifs is 1. The Labute approximate surface area is 237 Å². The number of carbonyl (C=O) groups is 2. The van der Waals surface area contributed by atoms with Gasteiger partial charge >= 0.3 is 0 Å². The fraction of sp³-hybridized carbons (Fsp3) is 0.344. The van der Waals surface area contributed by atoms with Crippen LogP contribution in [0.25, 0.3) is 0 Å². The molecule has 5 rings (SSSR count). The lowest BCUT2D eigenvalue weighted by Gasteiger charge is -2.27. The third-order valence-electron chi connectivity index (χ3n) is 7.79. The van der Waals surface area contributed by atoms with Crippen LogP contribution in [-0.2, 0) is 9.59 Å². The highest BCUT2D eigenvalue weighted by molar-refractivity contribution is 6.20. The molecule has 1 aliphatic carbocycles. The Morgan fingerprint density at radius 2 is 1.71 bits per heavy atom. The number of carbonyl (C=O) groups excluding carboxylic acids is 2. The number of aliphatic hydroxyl groups excluding tert-OH is 1. The molecule has 2 aliphatic rings. The summed E-state index contributed by atoms with van der Waals surface area (Å²) in [6.45, 7) is -0.351. The second-order valence-electron chi connectivity index (χ2n) is 10.6. The average Bonchev–Trinajstić information content (AvgIpc) is 3.46. The Kier molecular flexibility index (Phi) is 8.73. The summed E-state index contributed by atoms with van der Waals surface area (Å²) in [5.41, 5.74) is 2.77. The molecule has 3 atom stereocenters. The van der Waals surface area contributed by atoms with Crippen LogP contribution in [-0.4, -0.2) is 48.6 Å². The summed E-state index contributed by atoms with van der Waals surface area (Å²) in [5, 5.41) is 13.9. The zero-order valence-electron chi connectivity index (χ0n) is 22.8. The number of aliphatic imine (C=N–C) groups is 1. The van der Waals surface area contributed by atoms with E-state index in [-0.39, 0.29) is 18.3 Å². The number of anilines is 1. The fourth-order valence-corrected chi connectivity index (χ4v) is 5.64. The van der Waals surface area contributed by atoms with Crippen LogP contribution in [0.15, 0.2) is 77.8 Å². The van der Waals surface area contributed by atoms with Gasteiger partial charge < -0.3 is 20.1 Å². The lowest BCUT2D eigenvalue weighted by molar-refractivity contribution is -0.133. The molecule has 1 unspecified atom stereocenters. The van der Waals surface area contributed by atoms with Crippen molar-refractivity contribution in [3.05, 3.63) is 95.6 Å². The van der Waals surface area contributed by atoms with Crippen molar-refractivity contribution in [1.29, 1.82) is 0 Å². The highest BCUT2D eigenvalue weighted by atomic mass is 19.1. The smallest absolute Gasteiger partial charge is 0.272 e. The van der Waals surface area contributed by atoms with E-state index in [2.05, 4.69) is 5.32 Å². The standard InChI is InChI=1S/C32H33F2N3O4/c1-37-27-14-8-7-13-25(27)29(21-11-3-2-4-12-21)35-30(32(37)40)36-31(39)26(15-20-9-5-6-10-20)28(38)19-41-24-17-22(33)16-23(34)18-24/h2-4,7-8,11-14,16-18,20,26,28,30,38H,5-6,9-10,15,19H2,1H3,(H,36,39)/t26-,28+,30?/m1/s1. The molecule has 1 heterocycles. The first-order valence-electron chi connectivity index (χ1n) is 13.9. The van der Waals surface area contributed by atoms with E-state index < -0.39 is 41.6 Å². The second kappa shape index (κ2) is 12.6. The van der Waals surface area contributed by atoms with Crippen molar-refractivity contribution in [2.75, 3.05) is 18.6 Å². The Morgan fingerprint density at radius 3 is 2.41 bits per heavy atom. The van der Waals surface area contributed by atoms with Crippen molar-refractivity contribution < 1.29 is 28.2 Å². The molecule has 0 spiro atoms. The summed E-state index contributed by atoms with van der Waals surface area (Å²) >= 11 is 0. The van der Waals surface area contributed by atoms with Gasteiger partial charge in [0.05, 0.1) is 23.4 Å². The lowest BCUT2D eigenvalue weighted by atomic mass is 9.88. The molecule has 0 bridgehead atoms. The topological polar surface area (TPSA) is 91.2 Å². The largest absolute Gasteiger partial charge is 0.491 e. The number of halogens is 2. The summed E-state index contributed by atoms with van der Waals surface area (Å²) < 4.78 is 32.7. The van der Waals surface area contributed by atoms with Gasteiger partial charge in [0.15, 0.2) is 0 Å². The number of nitrogens with zero attached hydrogens (tertiary/aromatic N) is 2. The van der Waals surface area contributed by atoms with Gasteiger partial charge in [0.1, 0.15) is 24.0 Å². The molecule has 7 nitrogen and oxygen atoms in total. The number of amides is 2. The van der Waals surface area contributed by atoms with Crippen LogP contribution in [0, 0.1) is 23.5 Å². The number of benzodiazepines with no additional fused rings is 1. The highest BCUT2D eigenvalue weighted by Crippen LogP contribution is 2.32. The van der Waals surface area contributed by atoms with Crippen LogP contribution in [0.3, 0.4) is 0 Å². The normalized spacial score (nSPS) is 18.7. The summed E-state index contributed by atoms with van der Waals surface area (Å²) in [7, 11) is 1.64. The van der Waals surface area contributed by atoms with E-state index in [4.69, 9.17) is 9.73 Å². The molecule has 41 heavy (non-hydrogen) atoms. The van der Waals surface area contributed by atoms with Crippen molar-refractivity contribution >= 4 is 23.2 Å². The van der Waals surface area contributed by atoms with E-state index in [1.165, 1.54) is 4.90 Å². The molecule has 3 aromatic rings. The van der Waals surface area contributed by atoms with E-state index in [1.807, 2.05) is 54.6 Å². The van der Waals surface area contributed by atoms with E-state index >= 15 is 0 Å². The Hall–Kier alpha value is -4.11. The van der Waals surface area contributed by atoms with E-state index in [0.717, 1.165) is 55.0 Å². The summed E-state index contributed by atoms with van der Waals surface area (Å²) in [6.07, 6.45) is 1.83. The number of ether oxygens (including phenoxy) is 1. The van der Waals surface area contributed by atoms with Crippen LogP contribution >= 0.6 is 0 Å². The maximum Gasteiger partial charge on any atom is 0.272 e. The number of hydrogen-bond donors (Lipinski definition) is 2. The molecule has 214 valence electrons. The number of likely N-dealkylation sites (N-methyl/N-ethyl adjacent to an activating group) is 1. The van der Waals surface area contributed by atoms with Crippen molar-refractivity contribution in [3.63, 3.8) is 0 Å². The zero-order chi connectivity index (χ0) is 28.9. The van der Waals surface area contributed by atoms with Gasteiger partial charge in [0.25, 0.3) is 5.91 Å². The molecule has 1 fully saturated rings. The Balaban J connectivity index is 1.41. The minimum absolute atomic E-state index is 0.0861. The first kappa shape index (κ1) is 28.4. The minimum Gasteiger partial charge on any atom is -0.491 e. The quantitative estimate of drug-likeness (QED) is 0.391. The summed E-state index contributed by atoms with van der Waals surface area (Å²) in [5.74, 6) is -3.35. The first-order chi connectivity index (χ1) is 19.8. The van der Waals surface area contributed by atoms with E-state index in [9.17, 15) is 23.5 Å². The van der Waals surface area contributed by atoms with Crippen molar-refractivity contribution in [2.24, 2.45) is 16.8 Å². The minimum atomic E-state index is -1.28. The maximum atomic E-state index is 13.8. The third kappa shape index (κ3) is 6.62. The van der Waals surface area contributed by atoms with Crippen molar-refractivity contribution in [3.8, 4) is 5.75 Å². The second-order valence-corrected chi connectivity index (χ2v) is 10.6. The number of hydrogen-bond acceptors (Lipinski definition) is 5. The van der Waals surface area contributed by atoms with Gasteiger partial charge in [-0.2, -0.15) is 0 Å². The predicted molar refractivity (Wildman–Crippen MR) is 152 cm³/mol. The summed E-state index contributed by atoms with van der Waals surface area (Å²) in [4.78, 5) is 33.6. The van der Waals surface area contributed by atoms with Gasteiger partial charge in [-0.25, -0.2) is 13.8 Å². The van der Waals surface area contributed by atoms with Crippen molar-refractivity contribution in [2.45, 2.75) is 44.4 Å². The molecule has 0 aromatic heterocycles. The zero-order valence-corrected chi connectivity index (χ0v) is 22.8. The predicted octanol–water partition coefficient (Wildman–Crippen LogP) is 4.86. The molecule has 2 amide bonds. The van der Waals surface area contributed by atoms with E-state index in [1.54, 1.807) is 7.05 Å². The number of benzene rings is 3. The lowest BCUT2D eigenvalue weighted by Crippen LogP contribution is -2.50. The van der Waals surface area contributed by atoms with Crippen LogP contribution in [0.5, 0.6) is 5.75 Å². The molecule has 1 saturated carbocycles. The van der Waals surface area contributed by atoms with E-state index in [0.29, 0.717) is 17.8 Å². The molecule has 3 aromatic carbocycles. The van der Waals surface area contributed by atoms with Crippen LogP contribution in [0.2, 0.25) is 0 Å². The fourth-order valence-electron chi connectivity index (χ4n) is 5.64. The van der Waals surface area contributed by atoms with Gasteiger partial charge in [-0.1, -0.05) is 74.2 Å². The number of nitrogens with one attached hydrogen (secondary N) is 1. The number of aliphatic hydroxyl groups is 1. The Bertz CT molecular complexity index is 1410. The van der Waals surface area contributed by atoms with Crippen molar-refractivity contribution in [1.82, 2.24) is 5.32 Å². The van der Waals surface area contributed by atoms with Gasteiger partial charge in [0, 0.05) is 36.4 Å². The molecule has 0 saturated heterocycles. The number of rotatable bonds is 9. The van der Waals surface area contributed by atoms with Gasteiger partial charge in [-0.3, -0.25) is 9.59 Å². The molecule has 9 heteroatoms. The van der Waals surface area contributed by atoms with Gasteiger partial charge in [-0.15, -0.1) is 0 Å². The highest BCUT2D eigenvalue weighted by Gasteiger charge is 2.36. The molecule has 1 aliphatic heterocycles. The van der Waals surface area contributed by atoms with Gasteiger partial charge in [-0.05, 0) is 18.4 Å².